The highest BCUT2D eigenvalue weighted by atomic mass is 79.9. The molecule has 1 aromatic carbocycles. The SMILES string of the molecule is C=C(C)C[C@@H](c1cc(Br)cc(OC)c1O)N1CCNCC1. The molecule has 1 atom stereocenters. The van der Waals surface area contributed by atoms with Crippen molar-refractivity contribution < 1.29 is 9.84 Å². The normalized spacial score (nSPS) is 17.5. The van der Waals surface area contributed by atoms with Crippen LogP contribution < -0.4 is 10.1 Å². The van der Waals surface area contributed by atoms with Crippen LogP contribution in [0.25, 0.3) is 0 Å². The van der Waals surface area contributed by atoms with E-state index in [4.69, 9.17) is 4.74 Å². The van der Waals surface area contributed by atoms with Gasteiger partial charge in [0.25, 0.3) is 0 Å². The third-order valence-corrected chi connectivity index (χ3v) is 4.24. The minimum atomic E-state index is 0.121. The fourth-order valence-electron chi connectivity index (χ4n) is 2.76. The Labute approximate surface area is 134 Å². The molecule has 1 heterocycles. The second kappa shape index (κ2) is 7.29. The van der Waals surface area contributed by atoms with E-state index in [0.717, 1.165) is 48.2 Å². The van der Waals surface area contributed by atoms with Crippen molar-refractivity contribution in [3.63, 3.8) is 0 Å². The lowest BCUT2D eigenvalue weighted by atomic mass is 9.96. The van der Waals surface area contributed by atoms with Crippen LogP contribution in [0.15, 0.2) is 28.8 Å². The second-order valence-electron chi connectivity index (χ2n) is 5.51. The molecule has 1 aliphatic rings. The third kappa shape index (κ3) is 3.99. The maximum atomic E-state index is 10.5. The number of piperazine rings is 1. The van der Waals surface area contributed by atoms with Crippen LogP contribution in [0.5, 0.6) is 11.5 Å². The summed E-state index contributed by atoms with van der Waals surface area (Å²) in [5, 5.41) is 13.9. The topological polar surface area (TPSA) is 44.7 Å². The number of ether oxygens (including phenoxy) is 1. The van der Waals surface area contributed by atoms with Gasteiger partial charge in [-0.1, -0.05) is 21.5 Å². The Morgan fingerprint density at radius 1 is 1.48 bits per heavy atom. The molecule has 116 valence electrons. The molecule has 2 N–H and O–H groups in total. The number of hydrogen-bond acceptors (Lipinski definition) is 4. The first kappa shape index (κ1) is 16.3. The van der Waals surface area contributed by atoms with Gasteiger partial charge in [0, 0.05) is 42.3 Å². The van der Waals surface area contributed by atoms with Crippen molar-refractivity contribution in [1.29, 1.82) is 0 Å². The largest absolute Gasteiger partial charge is 0.504 e. The first-order valence-electron chi connectivity index (χ1n) is 7.18. The van der Waals surface area contributed by atoms with Crippen LogP contribution in [0.2, 0.25) is 0 Å². The van der Waals surface area contributed by atoms with Crippen molar-refractivity contribution in [3.05, 3.63) is 34.3 Å². The fraction of sp³-hybridized carbons (Fsp3) is 0.500. The molecule has 1 aromatic rings. The van der Waals surface area contributed by atoms with E-state index in [9.17, 15) is 5.11 Å². The van der Waals surface area contributed by atoms with Crippen LogP contribution in [0.1, 0.15) is 24.9 Å². The maximum Gasteiger partial charge on any atom is 0.162 e. The molecule has 1 aliphatic heterocycles. The monoisotopic (exact) mass is 354 g/mol. The summed E-state index contributed by atoms with van der Waals surface area (Å²) in [6.07, 6.45) is 0.827. The predicted octanol–water partition coefficient (Wildman–Crippen LogP) is 3.08. The van der Waals surface area contributed by atoms with Crippen molar-refractivity contribution in [2.45, 2.75) is 19.4 Å². The minimum Gasteiger partial charge on any atom is -0.504 e. The molecule has 0 unspecified atom stereocenters. The number of aromatic hydroxyl groups is 1. The van der Waals surface area contributed by atoms with E-state index in [1.54, 1.807) is 13.2 Å². The molecule has 0 amide bonds. The van der Waals surface area contributed by atoms with Crippen LogP contribution in [-0.2, 0) is 0 Å². The Balaban J connectivity index is 2.39. The van der Waals surface area contributed by atoms with Gasteiger partial charge in [-0.25, -0.2) is 0 Å². The molecule has 21 heavy (non-hydrogen) atoms. The van der Waals surface area contributed by atoms with Crippen LogP contribution in [0.4, 0.5) is 0 Å². The molecule has 5 heteroatoms. The number of hydrogen-bond donors (Lipinski definition) is 2. The summed E-state index contributed by atoms with van der Waals surface area (Å²) in [5.41, 5.74) is 2.00. The van der Waals surface area contributed by atoms with Crippen molar-refractivity contribution >= 4 is 15.9 Å². The van der Waals surface area contributed by atoms with Crippen LogP contribution in [-0.4, -0.2) is 43.3 Å². The Morgan fingerprint density at radius 3 is 2.71 bits per heavy atom. The summed E-state index contributed by atoms with van der Waals surface area (Å²) in [5.74, 6) is 0.728. The van der Waals surface area contributed by atoms with E-state index in [-0.39, 0.29) is 11.8 Å². The Hall–Kier alpha value is -1.04. The van der Waals surface area contributed by atoms with Gasteiger partial charge in [-0.05, 0) is 25.5 Å². The van der Waals surface area contributed by atoms with E-state index in [1.807, 2.05) is 13.0 Å². The number of rotatable bonds is 5. The molecule has 0 radical (unpaired) electrons. The number of phenols is 1. The first-order valence-corrected chi connectivity index (χ1v) is 7.97. The standard InChI is InChI=1S/C16H23BrN2O2/c1-11(2)8-14(19-6-4-18-5-7-19)13-9-12(17)10-15(21-3)16(13)20/h9-10,14,18,20H,1,4-8H2,2-3H3/t14-/m0/s1. The van der Waals surface area contributed by atoms with Gasteiger partial charge in [0.15, 0.2) is 11.5 Å². The molecule has 4 nitrogen and oxygen atoms in total. The molecule has 1 saturated heterocycles. The lowest BCUT2D eigenvalue weighted by Crippen LogP contribution is -2.45. The van der Waals surface area contributed by atoms with Crippen LogP contribution in [0, 0.1) is 0 Å². The lowest BCUT2D eigenvalue weighted by Gasteiger charge is -2.36. The number of halogens is 1. The van der Waals surface area contributed by atoms with Gasteiger partial charge in [0.05, 0.1) is 7.11 Å². The molecule has 0 aromatic heterocycles. The van der Waals surface area contributed by atoms with Crippen molar-refractivity contribution in [2.75, 3.05) is 33.3 Å². The molecule has 2 rings (SSSR count). The van der Waals surface area contributed by atoms with Gasteiger partial charge < -0.3 is 15.2 Å². The smallest absolute Gasteiger partial charge is 0.162 e. The predicted molar refractivity (Wildman–Crippen MR) is 89.0 cm³/mol. The van der Waals surface area contributed by atoms with Crippen LogP contribution >= 0.6 is 15.9 Å². The highest BCUT2D eigenvalue weighted by Gasteiger charge is 2.26. The maximum absolute atomic E-state index is 10.5. The van der Waals surface area contributed by atoms with E-state index in [1.165, 1.54) is 0 Å². The lowest BCUT2D eigenvalue weighted by molar-refractivity contribution is 0.169. The zero-order chi connectivity index (χ0) is 15.4. The second-order valence-corrected chi connectivity index (χ2v) is 6.42. The summed E-state index contributed by atoms with van der Waals surface area (Å²) in [6, 6.07) is 3.89. The van der Waals surface area contributed by atoms with E-state index < -0.39 is 0 Å². The zero-order valence-corrected chi connectivity index (χ0v) is 14.2. The average molecular weight is 355 g/mol. The number of nitrogens with one attached hydrogen (secondary N) is 1. The van der Waals surface area contributed by atoms with Crippen molar-refractivity contribution in [3.8, 4) is 11.5 Å². The third-order valence-electron chi connectivity index (χ3n) is 3.78. The highest BCUT2D eigenvalue weighted by Crippen LogP contribution is 2.41. The molecular weight excluding hydrogens is 332 g/mol. The summed E-state index contributed by atoms with van der Waals surface area (Å²) in [7, 11) is 1.57. The van der Waals surface area contributed by atoms with Gasteiger partial charge in [0.1, 0.15) is 0 Å². The highest BCUT2D eigenvalue weighted by molar-refractivity contribution is 9.10. The van der Waals surface area contributed by atoms with Gasteiger partial charge >= 0.3 is 0 Å². The number of benzene rings is 1. The number of phenolic OH excluding ortho intramolecular Hbond substituents is 1. The summed E-state index contributed by atoms with van der Waals surface area (Å²) < 4.78 is 6.19. The number of nitrogens with zero attached hydrogens (tertiary/aromatic N) is 1. The zero-order valence-electron chi connectivity index (χ0n) is 12.7. The van der Waals surface area contributed by atoms with Gasteiger partial charge in [0.2, 0.25) is 0 Å². The van der Waals surface area contributed by atoms with Gasteiger partial charge in [-0.3, -0.25) is 4.90 Å². The van der Waals surface area contributed by atoms with Gasteiger partial charge in [-0.2, -0.15) is 0 Å². The first-order chi connectivity index (χ1) is 10.0. The van der Waals surface area contributed by atoms with Crippen molar-refractivity contribution in [2.24, 2.45) is 0 Å². The van der Waals surface area contributed by atoms with Crippen LogP contribution in [0.3, 0.4) is 0 Å². The average Bonchev–Trinajstić information content (AvgIpc) is 2.47. The summed E-state index contributed by atoms with van der Waals surface area (Å²) in [4.78, 5) is 2.39. The molecule has 0 aliphatic carbocycles. The molecule has 0 bridgehead atoms. The summed E-state index contributed by atoms with van der Waals surface area (Å²) in [6.45, 7) is 9.94. The number of methoxy groups -OCH3 is 1. The van der Waals surface area contributed by atoms with E-state index in [0.29, 0.717) is 5.75 Å². The van der Waals surface area contributed by atoms with Gasteiger partial charge in [-0.15, -0.1) is 6.58 Å². The molecule has 0 saturated carbocycles. The molecular formula is C16H23BrN2O2. The molecule has 0 spiro atoms. The Kier molecular flexibility index (Phi) is 5.67. The van der Waals surface area contributed by atoms with E-state index in [2.05, 4.69) is 32.7 Å². The fourth-order valence-corrected chi connectivity index (χ4v) is 3.22. The molecule has 1 fully saturated rings. The Morgan fingerprint density at radius 2 is 2.14 bits per heavy atom. The minimum absolute atomic E-state index is 0.121. The quantitative estimate of drug-likeness (QED) is 0.797. The Bertz CT molecular complexity index is 513. The summed E-state index contributed by atoms with van der Waals surface area (Å²) >= 11 is 3.50. The van der Waals surface area contributed by atoms with Crippen molar-refractivity contribution in [1.82, 2.24) is 10.2 Å². The van der Waals surface area contributed by atoms with E-state index >= 15 is 0 Å².